The fourth-order valence-electron chi connectivity index (χ4n) is 3.68. The number of rotatable bonds is 8. The van der Waals surface area contributed by atoms with E-state index in [0.29, 0.717) is 27.1 Å². The first kappa shape index (κ1) is 27.9. The topological polar surface area (TPSA) is 125 Å². The van der Waals surface area contributed by atoms with Gasteiger partial charge in [-0.15, -0.1) is 0 Å². The molecule has 1 aliphatic heterocycles. The molecule has 0 spiro atoms. The molecule has 3 aromatic carbocycles. The van der Waals surface area contributed by atoms with E-state index in [9.17, 15) is 19.2 Å². The minimum Gasteiger partial charge on any atom is -0.478 e. The summed E-state index contributed by atoms with van der Waals surface area (Å²) in [5.74, 6) is -2.21. The Bertz CT molecular complexity index is 1410. The average molecular weight is 566 g/mol. The van der Waals surface area contributed by atoms with Crippen LogP contribution in [0.4, 0.5) is 11.4 Å². The first-order valence-electron chi connectivity index (χ1n) is 11.9. The molecule has 0 bridgehead atoms. The van der Waals surface area contributed by atoms with Gasteiger partial charge in [-0.1, -0.05) is 35.5 Å². The summed E-state index contributed by atoms with van der Waals surface area (Å²) in [5.41, 5.74) is 2.20. The summed E-state index contributed by atoms with van der Waals surface area (Å²) >= 11 is 7.15. The second-order valence-corrected chi connectivity index (χ2v) is 10.1. The average Bonchev–Trinajstić information content (AvgIpc) is 2.92. The highest BCUT2D eigenvalue weighted by atomic mass is 35.5. The van der Waals surface area contributed by atoms with Gasteiger partial charge < -0.3 is 15.2 Å². The summed E-state index contributed by atoms with van der Waals surface area (Å²) in [7, 11) is 0. The van der Waals surface area contributed by atoms with E-state index in [4.69, 9.17) is 21.4 Å². The molecule has 1 aliphatic rings. The molecule has 9 nitrogen and oxygen atoms in total. The number of aliphatic imine (C=N–C) groups is 1. The lowest BCUT2D eigenvalue weighted by Crippen LogP contribution is -2.44. The van der Waals surface area contributed by atoms with Crippen LogP contribution in [0.25, 0.3) is 0 Å². The number of benzene rings is 3. The Hall–Kier alpha value is -4.15. The lowest BCUT2D eigenvalue weighted by Gasteiger charge is -2.32. The normalized spacial score (nSPS) is 16.2. The van der Waals surface area contributed by atoms with Crippen molar-refractivity contribution < 1.29 is 29.0 Å². The van der Waals surface area contributed by atoms with E-state index in [0.717, 1.165) is 17.3 Å². The van der Waals surface area contributed by atoms with Gasteiger partial charge in [0.1, 0.15) is 5.25 Å². The van der Waals surface area contributed by atoms with Gasteiger partial charge in [-0.05, 0) is 73.2 Å². The molecule has 1 heterocycles. The molecule has 1 atom stereocenters. The van der Waals surface area contributed by atoms with Crippen LogP contribution in [0.2, 0.25) is 5.02 Å². The smallest absolute Gasteiger partial charge is 0.338 e. The number of carbonyl (C=O) groups excluding carboxylic acids is 3. The largest absolute Gasteiger partial charge is 0.478 e. The maximum atomic E-state index is 13.3. The highest BCUT2D eigenvalue weighted by molar-refractivity contribution is 8.15. The van der Waals surface area contributed by atoms with Crippen LogP contribution in [0.1, 0.15) is 39.6 Å². The predicted molar refractivity (Wildman–Crippen MR) is 150 cm³/mol. The molecule has 39 heavy (non-hydrogen) atoms. The summed E-state index contributed by atoms with van der Waals surface area (Å²) < 4.78 is 5.02. The minimum atomic E-state index is -1.07. The van der Waals surface area contributed by atoms with Gasteiger partial charge in [0.15, 0.2) is 5.17 Å². The van der Waals surface area contributed by atoms with Crippen LogP contribution in [0.3, 0.4) is 0 Å². The standard InChI is InChI=1S/C28H24ClN3O6S/c1-2-38-27(37)19-7-13-22(14-8-19)31-28-32(16-17-3-9-20(29)10-4-17)24(33)15-23(39-28)25(34)30-21-11-5-18(6-12-21)26(35)36/h3-14,23H,2,15-16H2,1H3,(H,30,34)(H,35,36). The summed E-state index contributed by atoms with van der Waals surface area (Å²) in [6.45, 7) is 2.21. The molecule has 2 amide bonds. The van der Waals surface area contributed by atoms with Crippen LogP contribution >= 0.6 is 23.4 Å². The van der Waals surface area contributed by atoms with Crippen LogP contribution < -0.4 is 5.32 Å². The van der Waals surface area contributed by atoms with E-state index in [-0.39, 0.29) is 31.0 Å². The van der Waals surface area contributed by atoms with Crippen molar-refractivity contribution >= 4 is 63.7 Å². The van der Waals surface area contributed by atoms with Crippen LogP contribution in [0, 0.1) is 0 Å². The molecule has 0 aliphatic carbocycles. The van der Waals surface area contributed by atoms with E-state index < -0.39 is 23.1 Å². The van der Waals surface area contributed by atoms with Gasteiger partial charge in [0.2, 0.25) is 11.8 Å². The first-order chi connectivity index (χ1) is 18.7. The summed E-state index contributed by atoms with van der Waals surface area (Å²) in [6, 6.07) is 19.3. The fraction of sp³-hybridized carbons (Fsp3) is 0.179. The number of hydrogen-bond donors (Lipinski definition) is 2. The molecule has 0 saturated carbocycles. The maximum Gasteiger partial charge on any atom is 0.338 e. The lowest BCUT2D eigenvalue weighted by atomic mass is 10.2. The van der Waals surface area contributed by atoms with E-state index in [1.165, 1.54) is 29.2 Å². The maximum absolute atomic E-state index is 13.3. The van der Waals surface area contributed by atoms with E-state index in [1.54, 1.807) is 43.3 Å². The third kappa shape index (κ3) is 7.24. The zero-order chi connectivity index (χ0) is 27.9. The number of hydrogen-bond acceptors (Lipinski definition) is 7. The summed E-state index contributed by atoms with van der Waals surface area (Å²) in [5, 5.41) is 11.9. The van der Waals surface area contributed by atoms with Gasteiger partial charge in [0.05, 0.1) is 30.0 Å². The summed E-state index contributed by atoms with van der Waals surface area (Å²) in [4.78, 5) is 55.6. The van der Waals surface area contributed by atoms with E-state index in [2.05, 4.69) is 10.3 Å². The van der Waals surface area contributed by atoms with Crippen LogP contribution in [0.15, 0.2) is 77.8 Å². The molecule has 3 aromatic rings. The third-order valence-electron chi connectivity index (χ3n) is 5.69. The van der Waals surface area contributed by atoms with Crippen molar-refractivity contribution in [3.05, 3.63) is 94.5 Å². The van der Waals surface area contributed by atoms with Crippen molar-refractivity contribution in [2.75, 3.05) is 11.9 Å². The monoisotopic (exact) mass is 565 g/mol. The number of amides is 2. The van der Waals surface area contributed by atoms with Gasteiger partial charge in [0.25, 0.3) is 0 Å². The highest BCUT2D eigenvalue weighted by Gasteiger charge is 2.36. The second-order valence-electron chi connectivity index (χ2n) is 8.45. The molecule has 0 aromatic heterocycles. The lowest BCUT2D eigenvalue weighted by molar-refractivity contribution is -0.129. The Morgan fingerprint density at radius 3 is 2.28 bits per heavy atom. The third-order valence-corrected chi connectivity index (χ3v) is 7.13. The number of carboxylic acids is 1. The van der Waals surface area contributed by atoms with Crippen molar-refractivity contribution in [3.63, 3.8) is 0 Å². The van der Waals surface area contributed by atoms with Crippen molar-refractivity contribution in [1.82, 2.24) is 4.90 Å². The molecule has 0 radical (unpaired) electrons. The molecule has 1 unspecified atom stereocenters. The van der Waals surface area contributed by atoms with Crippen molar-refractivity contribution in [1.29, 1.82) is 0 Å². The van der Waals surface area contributed by atoms with Gasteiger partial charge in [0, 0.05) is 17.1 Å². The first-order valence-corrected chi connectivity index (χ1v) is 13.2. The van der Waals surface area contributed by atoms with Crippen LogP contribution in [-0.2, 0) is 20.9 Å². The Labute approximate surface area is 233 Å². The molecular weight excluding hydrogens is 542 g/mol. The number of carboxylic acid groups (broad SMARTS) is 1. The SMILES string of the molecule is CCOC(=O)c1ccc(N=C2SC(C(=O)Nc3ccc(C(=O)O)cc3)CC(=O)N2Cc2ccc(Cl)cc2)cc1. The number of thioether (sulfide) groups is 1. The molecular formula is C28H24ClN3O6S. The minimum absolute atomic E-state index is 0.0574. The number of anilines is 1. The predicted octanol–water partition coefficient (Wildman–Crippen LogP) is 5.38. The van der Waals surface area contributed by atoms with Crippen molar-refractivity contribution in [2.45, 2.75) is 25.1 Å². The highest BCUT2D eigenvalue weighted by Crippen LogP contribution is 2.31. The number of halogens is 1. The number of esters is 1. The van der Waals surface area contributed by atoms with E-state index >= 15 is 0 Å². The number of amidine groups is 1. The van der Waals surface area contributed by atoms with Crippen molar-refractivity contribution in [3.8, 4) is 0 Å². The number of nitrogens with zero attached hydrogens (tertiary/aromatic N) is 2. The van der Waals surface area contributed by atoms with E-state index in [1.807, 2.05) is 12.1 Å². The van der Waals surface area contributed by atoms with Gasteiger partial charge in [-0.3, -0.25) is 14.5 Å². The molecule has 2 N–H and O–H groups in total. The molecule has 1 saturated heterocycles. The number of nitrogens with one attached hydrogen (secondary N) is 1. The van der Waals surface area contributed by atoms with Crippen LogP contribution in [-0.4, -0.2) is 50.8 Å². The summed E-state index contributed by atoms with van der Waals surface area (Å²) in [6.07, 6.45) is -0.0574. The Balaban J connectivity index is 1.58. The zero-order valence-corrected chi connectivity index (χ0v) is 22.4. The number of aromatic carboxylic acids is 1. The second kappa shape index (κ2) is 12.6. The van der Waals surface area contributed by atoms with Gasteiger partial charge in [-0.25, -0.2) is 14.6 Å². The zero-order valence-electron chi connectivity index (χ0n) is 20.8. The van der Waals surface area contributed by atoms with Crippen molar-refractivity contribution in [2.24, 2.45) is 4.99 Å². The van der Waals surface area contributed by atoms with Crippen LogP contribution in [0.5, 0.6) is 0 Å². The molecule has 11 heteroatoms. The van der Waals surface area contributed by atoms with Gasteiger partial charge >= 0.3 is 11.9 Å². The Kier molecular flexibility index (Phi) is 9.00. The number of carbonyl (C=O) groups is 4. The molecule has 4 rings (SSSR count). The van der Waals surface area contributed by atoms with Gasteiger partial charge in [-0.2, -0.15) is 0 Å². The molecule has 1 fully saturated rings. The Morgan fingerprint density at radius 2 is 1.67 bits per heavy atom. The Morgan fingerprint density at radius 1 is 1.03 bits per heavy atom. The quantitative estimate of drug-likeness (QED) is 0.351. The fourth-order valence-corrected chi connectivity index (χ4v) is 4.91. The molecule has 200 valence electrons. The number of ether oxygens (including phenoxy) is 1.